The van der Waals surface area contributed by atoms with Gasteiger partial charge in [0, 0.05) is 56.0 Å². The fourth-order valence-electron chi connectivity index (χ4n) is 4.28. The zero-order valence-corrected chi connectivity index (χ0v) is 22.3. The summed E-state index contributed by atoms with van der Waals surface area (Å²) in [5.41, 5.74) is 16.5. The van der Waals surface area contributed by atoms with Crippen LogP contribution >= 0.6 is 23.7 Å². The second-order valence-corrected chi connectivity index (χ2v) is 10.3. The van der Waals surface area contributed by atoms with Crippen LogP contribution in [-0.2, 0) is 23.5 Å². The number of rotatable bonds is 10. The largest absolute Gasteiger partial charge is 0.355 e. The molecule has 8 nitrogen and oxygen atoms in total. The average molecular weight is 514 g/mol. The quantitative estimate of drug-likeness (QED) is 0.325. The molecule has 1 aliphatic heterocycles. The summed E-state index contributed by atoms with van der Waals surface area (Å²) in [4.78, 5) is 18.8. The molecule has 0 radical (unpaired) electrons. The molecule has 2 heterocycles. The van der Waals surface area contributed by atoms with Gasteiger partial charge in [-0.05, 0) is 42.5 Å². The molecule has 0 spiro atoms. The Kier molecular flexibility index (Phi) is 10.1. The zero-order chi connectivity index (χ0) is 25.4. The average Bonchev–Trinajstić information content (AvgIpc) is 2.90. The number of aromatic nitrogens is 1. The van der Waals surface area contributed by atoms with Crippen LogP contribution < -0.4 is 26.0 Å². The van der Waals surface area contributed by atoms with Crippen LogP contribution in [0.1, 0.15) is 42.0 Å². The van der Waals surface area contributed by atoms with E-state index in [1.807, 2.05) is 7.05 Å². The van der Waals surface area contributed by atoms with Crippen molar-refractivity contribution in [3.8, 4) is 6.07 Å². The number of benzene rings is 1. The molecule has 1 fully saturated rings. The highest BCUT2D eigenvalue weighted by molar-refractivity contribution is 7.99. The molecule has 1 aromatic heterocycles. The number of thioether (sulfide) groups is 1. The Bertz CT molecular complexity index is 1050. The fraction of sp³-hybridized carbons (Fsp3) is 0.480. The lowest BCUT2D eigenvalue weighted by atomic mass is 9.99. The van der Waals surface area contributed by atoms with Crippen LogP contribution in [-0.4, -0.2) is 49.9 Å². The second kappa shape index (κ2) is 13.0. The van der Waals surface area contributed by atoms with E-state index >= 15 is 0 Å². The van der Waals surface area contributed by atoms with Crippen LogP contribution in [0.25, 0.3) is 0 Å². The van der Waals surface area contributed by atoms with E-state index in [2.05, 4.69) is 58.0 Å². The van der Waals surface area contributed by atoms with E-state index in [0.29, 0.717) is 12.1 Å². The van der Waals surface area contributed by atoms with Gasteiger partial charge in [0.05, 0.1) is 12.1 Å². The summed E-state index contributed by atoms with van der Waals surface area (Å²) < 4.78 is 2.12. The number of hydrogen-bond acceptors (Lipinski definition) is 9. The van der Waals surface area contributed by atoms with Crippen molar-refractivity contribution < 1.29 is 4.79 Å². The molecule has 1 amide bonds. The lowest BCUT2D eigenvalue weighted by Crippen LogP contribution is -2.46. The summed E-state index contributed by atoms with van der Waals surface area (Å²) in [6.45, 7) is 3.84. The fourth-order valence-corrected chi connectivity index (χ4v) is 5.64. The standard InChI is InChI=1S/C25H35N7OS2/c1-4-20-21(13-26)24(32-11-9-18(10-12-32)29-23(33)15-28)30-25(22(20)14-27)35-16-17-5-7-19(8-6-17)31(2)34-3/h5-8,18H,4,9-12,14-16,27-28H2,1-3H3,(H,29,33). The van der Waals surface area contributed by atoms with Crippen molar-refractivity contribution in [3.05, 3.63) is 46.5 Å². The molecule has 0 aliphatic carbocycles. The number of nitriles is 1. The highest BCUT2D eigenvalue weighted by atomic mass is 32.2. The lowest BCUT2D eigenvalue weighted by Gasteiger charge is -2.34. The van der Waals surface area contributed by atoms with Crippen LogP contribution in [0.4, 0.5) is 11.5 Å². The predicted molar refractivity (Wildman–Crippen MR) is 147 cm³/mol. The first-order valence-corrected chi connectivity index (χ1v) is 14.0. The van der Waals surface area contributed by atoms with E-state index in [4.69, 9.17) is 16.5 Å². The Morgan fingerprint density at radius 3 is 2.49 bits per heavy atom. The van der Waals surface area contributed by atoms with E-state index < -0.39 is 0 Å². The van der Waals surface area contributed by atoms with E-state index in [9.17, 15) is 10.1 Å². The molecule has 2 aromatic rings. The minimum atomic E-state index is -0.133. The highest BCUT2D eigenvalue weighted by Gasteiger charge is 2.26. The molecule has 0 unspecified atom stereocenters. The van der Waals surface area contributed by atoms with Crippen molar-refractivity contribution in [1.29, 1.82) is 5.26 Å². The number of carbonyl (C=O) groups is 1. The number of nitrogens with one attached hydrogen (secondary N) is 1. The van der Waals surface area contributed by atoms with Crippen molar-refractivity contribution in [2.24, 2.45) is 11.5 Å². The Morgan fingerprint density at radius 2 is 1.94 bits per heavy atom. The summed E-state index contributed by atoms with van der Waals surface area (Å²) in [6, 6.07) is 11.0. The number of carbonyl (C=O) groups excluding carboxylic acids is 1. The van der Waals surface area contributed by atoms with E-state index in [0.717, 1.165) is 65.8 Å². The second-order valence-electron chi connectivity index (χ2n) is 8.41. The maximum absolute atomic E-state index is 11.7. The van der Waals surface area contributed by atoms with Crippen LogP contribution in [0.5, 0.6) is 0 Å². The third kappa shape index (κ3) is 6.61. The van der Waals surface area contributed by atoms with Crippen LogP contribution in [0.3, 0.4) is 0 Å². The van der Waals surface area contributed by atoms with Gasteiger partial charge in [-0.2, -0.15) is 5.26 Å². The number of hydrogen-bond donors (Lipinski definition) is 3. The molecule has 1 aliphatic rings. The van der Waals surface area contributed by atoms with Gasteiger partial charge >= 0.3 is 0 Å². The Labute approximate surface area is 216 Å². The molecule has 35 heavy (non-hydrogen) atoms. The number of piperidine rings is 1. The topological polar surface area (TPSA) is 124 Å². The van der Waals surface area contributed by atoms with Crippen molar-refractivity contribution in [1.82, 2.24) is 10.3 Å². The monoisotopic (exact) mass is 513 g/mol. The van der Waals surface area contributed by atoms with Crippen molar-refractivity contribution >= 4 is 41.1 Å². The third-order valence-corrected chi connectivity index (χ3v) is 8.17. The lowest BCUT2D eigenvalue weighted by molar-refractivity contribution is -0.120. The number of pyridine rings is 1. The normalized spacial score (nSPS) is 14.0. The maximum atomic E-state index is 11.7. The third-order valence-electron chi connectivity index (χ3n) is 6.32. The van der Waals surface area contributed by atoms with Crippen LogP contribution in [0.2, 0.25) is 0 Å². The molecule has 188 valence electrons. The van der Waals surface area contributed by atoms with Gasteiger partial charge < -0.3 is 26.0 Å². The first-order chi connectivity index (χ1) is 16.9. The van der Waals surface area contributed by atoms with Crippen LogP contribution in [0.15, 0.2) is 29.3 Å². The SMILES string of the molecule is CCc1c(C#N)c(N2CCC(NC(=O)CN)CC2)nc(SCc2ccc(N(C)SC)cc2)c1CN. The minimum absolute atomic E-state index is 0.00165. The minimum Gasteiger partial charge on any atom is -0.355 e. The smallest absolute Gasteiger partial charge is 0.233 e. The molecule has 5 N–H and O–H groups in total. The zero-order valence-electron chi connectivity index (χ0n) is 20.7. The van der Waals surface area contributed by atoms with E-state index in [-0.39, 0.29) is 18.5 Å². The Hall–Kier alpha value is -2.45. The van der Waals surface area contributed by atoms with Gasteiger partial charge in [0.1, 0.15) is 16.9 Å². The van der Waals surface area contributed by atoms with Gasteiger partial charge in [-0.3, -0.25) is 4.79 Å². The summed E-state index contributed by atoms with van der Waals surface area (Å²) >= 11 is 3.34. The van der Waals surface area contributed by atoms with Crippen molar-refractivity contribution in [2.75, 3.05) is 42.1 Å². The number of anilines is 2. The Balaban J connectivity index is 1.83. The highest BCUT2D eigenvalue weighted by Crippen LogP contribution is 2.35. The Morgan fingerprint density at radius 1 is 1.26 bits per heavy atom. The van der Waals surface area contributed by atoms with Gasteiger partial charge in [-0.25, -0.2) is 4.98 Å². The van der Waals surface area contributed by atoms with Gasteiger partial charge in [0.15, 0.2) is 0 Å². The van der Waals surface area contributed by atoms with Crippen molar-refractivity contribution in [3.63, 3.8) is 0 Å². The maximum Gasteiger partial charge on any atom is 0.233 e. The number of nitrogens with zero attached hydrogens (tertiary/aromatic N) is 4. The number of amides is 1. The molecule has 1 aromatic carbocycles. The molecule has 0 bridgehead atoms. The molecule has 1 saturated heterocycles. The van der Waals surface area contributed by atoms with Gasteiger partial charge in [0.25, 0.3) is 0 Å². The van der Waals surface area contributed by atoms with E-state index in [1.165, 1.54) is 5.56 Å². The van der Waals surface area contributed by atoms with Gasteiger partial charge in [0.2, 0.25) is 5.91 Å². The molecule has 0 saturated carbocycles. The molecular weight excluding hydrogens is 478 g/mol. The number of nitrogens with two attached hydrogens (primary N) is 2. The molecule has 3 rings (SSSR count). The van der Waals surface area contributed by atoms with E-state index in [1.54, 1.807) is 23.7 Å². The first kappa shape index (κ1) is 27.1. The summed E-state index contributed by atoms with van der Waals surface area (Å²) in [7, 11) is 2.05. The summed E-state index contributed by atoms with van der Waals surface area (Å²) in [5, 5.41) is 13.9. The van der Waals surface area contributed by atoms with Crippen molar-refractivity contribution in [2.45, 2.75) is 49.6 Å². The predicted octanol–water partition coefficient (Wildman–Crippen LogP) is 3.02. The van der Waals surface area contributed by atoms with Crippen LogP contribution in [0, 0.1) is 11.3 Å². The first-order valence-electron chi connectivity index (χ1n) is 11.8. The molecular formula is C25H35N7OS2. The molecule has 10 heteroatoms. The van der Waals surface area contributed by atoms with Gasteiger partial charge in [-0.1, -0.05) is 31.0 Å². The summed E-state index contributed by atoms with van der Waals surface area (Å²) in [5.74, 6) is 1.36. The molecule has 0 atom stereocenters. The van der Waals surface area contributed by atoms with Gasteiger partial charge in [-0.15, -0.1) is 11.8 Å². The summed E-state index contributed by atoms with van der Waals surface area (Å²) in [6.07, 6.45) is 4.35.